The van der Waals surface area contributed by atoms with E-state index in [9.17, 15) is 8.78 Å². The highest BCUT2D eigenvalue weighted by Crippen LogP contribution is 2.22. The van der Waals surface area contributed by atoms with Crippen molar-refractivity contribution in [2.24, 2.45) is 10.6 Å². The van der Waals surface area contributed by atoms with Crippen molar-refractivity contribution in [3.8, 4) is 0 Å². The third-order valence-corrected chi connectivity index (χ3v) is 1.51. The molecule has 0 unspecified atom stereocenters. The van der Waals surface area contributed by atoms with Crippen LogP contribution in [0.3, 0.4) is 0 Å². The van der Waals surface area contributed by atoms with Gasteiger partial charge in [0.1, 0.15) is 5.71 Å². The summed E-state index contributed by atoms with van der Waals surface area (Å²) in [5.41, 5.74) is -1.48. The number of methoxy groups -OCH3 is 1. The van der Waals surface area contributed by atoms with Gasteiger partial charge in [0.25, 0.3) is 6.43 Å². The molecule has 0 spiro atoms. The molecular formula is C7H13F2NO2. The minimum Gasteiger partial charge on any atom is -0.411 e. The number of ether oxygens (including phenoxy) is 1. The number of halogens is 2. The Morgan fingerprint density at radius 2 is 2.08 bits per heavy atom. The van der Waals surface area contributed by atoms with Gasteiger partial charge in [-0.15, -0.1) is 0 Å². The maximum Gasteiger partial charge on any atom is 0.280 e. The molecule has 3 nitrogen and oxygen atoms in total. The van der Waals surface area contributed by atoms with Crippen LogP contribution >= 0.6 is 0 Å². The monoisotopic (exact) mass is 181 g/mol. The van der Waals surface area contributed by atoms with Crippen molar-refractivity contribution in [1.82, 2.24) is 0 Å². The summed E-state index contributed by atoms with van der Waals surface area (Å²) in [6, 6.07) is 0. The molecule has 0 saturated heterocycles. The fraction of sp³-hybridized carbons (Fsp3) is 0.857. The van der Waals surface area contributed by atoms with E-state index in [1.807, 2.05) is 0 Å². The average molecular weight is 181 g/mol. The maximum absolute atomic E-state index is 12.2. The molecule has 0 saturated carbocycles. The van der Waals surface area contributed by atoms with Gasteiger partial charge in [-0.1, -0.05) is 19.0 Å². The summed E-state index contributed by atoms with van der Waals surface area (Å²) in [7, 11) is 1.40. The Bertz CT molecular complexity index is 169. The molecule has 0 bridgehead atoms. The molecular weight excluding hydrogens is 168 g/mol. The standard InChI is InChI=1S/C7H13F2NO2/c1-7(2,4-12-3)5(10-11)6(8)9/h6,11H,4H2,1-3H3. The second-order valence-electron chi connectivity index (χ2n) is 3.10. The predicted octanol–water partition coefficient (Wildman–Crippen LogP) is 1.75. The van der Waals surface area contributed by atoms with E-state index in [1.54, 1.807) is 0 Å². The SMILES string of the molecule is COCC(C)(C)C(=NO)C(F)F. The molecule has 0 aromatic rings. The van der Waals surface area contributed by atoms with Gasteiger partial charge in [-0.05, 0) is 0 Å². The van der Waals surface area contributed by atoms with Crippen LogP contribution in [0.5, 0.6) is 0 Å². The van der Waals surface area contributed by atoms with Gasteiger partial charge in [-0.2, -0.15) is 0 Å². The largest absolute Gasteiger partial charge is 0.411 e. The fourth-order valence-corrected chi connectivity index (χ4v) is 0.909. The Morgan fingerprint density at radius 1 is 1.58 bits per heavy atom. The zero-order valence-electron chi connectivity index (χ0n) is 7.34. The van der Waals surface area contributed by atoms with E-state index in [0.29, 0.717) is 0 Å². The average Bonchev–Trinajstić information content (AvgIpc) is 1.86. The van der Waals surface area contributed by atoms with Gasteiger partial charge in [0.05, 0.1) is 6.61 Å². The topological polar surface area (TPSA) is 41.8 Å². The zero-order chi connectivity index (χ0) is 9.78. The summed E-state index contributed by atoms with van der Waals surface area (Å²) in [5.74, 6) is 0. The van der Waals surface area contributed by atoms with E-state index in [4.69, 9.17) is 9.94 Å². The number of oxime groups is 1. The number of nitrogens with zero attached hydrogens (tertiary/aromatic N) is 1. The summed E-state index contributed by atoms with van der Waals surface area (Å²) in [4.78, 5) is 0. The zero-order valence-corrected chi connectivity index (χ0v) is 7.34. The van der Waals surface area contributed by atoms with Gasteiger partial charge in [0, 0.05) is 12.5 Å². The Labute approximate surface area is 70.0 Å². The molecule has 0 heterocycles. The minimum absolute atomic E-state index is 0.0940. The van der Waals surface area contributed by atoms with Crippen molar-refractivity contribution >= 4 is 5.71 Å². The first-order valence-corrected chi connectivity index (χ1v) is 3.45. The van der Waals surface area contributed by atoms with Gasteiger partial charge < -0.3 is 9.94 Å². The molecule has 72 valence electrons. The van der Waals surface area contributed by atoms with E-state index >= 15 is 0 Å². The number of alkyl halides is 2. The quantitative estimate of drug-likeness (QED) is 0.408. The number of rotatable bonds is 4. The first-order chi connectivity index (χ1) is 5.45. The van der Waals surface area contributed by atoms with Gasteiger partial charge >= 0.3 is 0 Å². The molecule has 0 radical (unpaired) electrons. The molecule has 1 N–H and O–H groups in total. The summed E-state index contributed by atoms with van der Waals surface area (Å²) in [6.07, 6.45) is -2.75. The number of hydrogen-bond donors (Lipinski definition) is 1. The molecule has 5 heteroatoms. The Kier molecular flexibility index (Phi) is 4.09. The van der Waals surface area contributed by atoms with Crippen LogP contribution in [0.4, 0.5) is 8.78 Å². The van der Waals surface area contributed by atoms with E-state index in [1.165, 1.54) is 21.0 Å². The summed E-state index contributed by atoms with van der Waals surface area (Å²) in [5, 5.41) is 10.9. The summed E-state index contributed by atoms with van der Waals surface area (Å²) in [6.45, 7) is 3.15. The van der Waals surface area contributed by atoms with Crippen molar-refractivity contribution in [3.05, 3.63) is 0 Å². The highest BCUT2D eigenvalue weighted by Gasteiger charge is 2.32. The van der Waals surface area contributed by atoms with Crippen LogP contribution in [-0.4, -0.2) is 31.1 Å². The van der Waals surface area contributed by atoms with Crippen LogP contribution in [0.1, 0.15) is 13.8 Å². The van der Waals surface area contributed by atoms with Crippen LogP contribution in [0, 0.1) is 5.41 Å². The Morgan fingerprint density at radius 3 is 2.33 bits per heavy atom. The lowest BCUT2D eigenvalue weighted by atomic mass is 9.88. The van der Waals surface area contributed by atoms with Crippen molar-refractivity contribution in [1.29, 1.82) is 0 Å². The molecule has 0 fully saturated rings. The second-order valence-corrected chi connectivity index (χ2v) is 3.10. The first-order valence-electron chi connectivity index (χ1n) is 3.45. The predicted molar refractivity (Wildman–Crippen MR) is 40.9 cm³/mol. The Balaban J connectivity index is 4.49. The normalized spacial score (nSPS) is 14.0. The van der Waals surface area contributed by atoms with Gasteiger partial charge in [-0.25, -0.2) is 8.78 Å². The molecule has 0 rings (SSSR count). The van der Waals surface area contributed by atoms with Gasteiger partial charge in [0.2, 0.25) is 0 Å². The smallest absolute Gasteiger partial charge is 0.280 e. The molecule has 0 aliphatic carbocycles. The summed E-state index contributed by atoms with van der Waals surface area (Å²) < 4.78 is 29.1. The van der Waals surface area contributed by atoms with E-state index in [0.717, 1.165) is 0 Å². The first kappa shape index (κ1) is 11.3. The molecule has 0 amide bonds. The van der Waals surface area contributed by atoms with Crippen molar-refractivity contribution in [2.75, 3.05) is 13.7 Å². The third-order valence-electron chi connectivity index (χ3n) is 1.51. The molecule has 0 aliphatic rings. The van der Waals surface area contributed by atoms with Crippen LogP contribution in [0.15, 0.2) is 5.16 Å². The van der Waals surface area contributed by atoms with E-state index < -0.39 is 17.6 Å². The lowest BCUT2D eigenvalue weighted by molar-refractivity contribution is 0.122. The lowest BCUT2D eigenvalue weighted by Gasteiger charge is -2.23. The van der Waals surface area contributed by atoms with Crippen LogP contribution in [-0.2, 0) is 4.74 Å². The highest BCUT2D eigenvalue weighted by atomic mass is 19.3. The van der Waals surface area contributed by atoms with Gasteiger partial charge in [0.15, 0.2) is 0 Å². The van der Waals surface area contributed by atoms with Crippen molar-refractivity contribution < 1.29 is 18.7 Å². The second kappa shape index (κ2) is 4.35. The molecule has 0 aromatic carbocycles. The molecule has 0 atom stereocenters. The van der Waals surface area contributed by atoms with E-state index in [-0.39, 0.29) is 6.61 Å². The van der Waals surface area contributed by atoms with Crippen molar-refractivity contribution in [3.63, 3.8) is 0 Å². The minimum atomic E-state index is -2.75. The molecule has 12 heavy (non-hydrogen) atoms. The lowest BCUT2D eigenvalue weighted by Crippen LogP contribution is -2.34. The van der Waals surface area contributed by atoms with Crippen LogP contribution in [0.25, 0.3) is 0 Å². The Hall–Kier alpha value is -0.710. The van der Waals surface area contributed by atoms with Crippen LogP contribution in [0.2, 0.25) is 0 Å². The maximum atomic E-state index is 12.2. The summed E-state index contributed by atoms with van der Waals surface area (Å²) >= 11 is 0. The van der Waals surface area contributed by atoms with E-state index in [2.05, 4.69) is 5.16 Å². The number of hydrogen-bond acceptors (Lipinski definition) is 3. The van der Waals surface area contributed by atoms with Crippen molar-refractivity contribution in [2.45, 2.75) is 20.3 Å². The molecule has 0 aromatic heterocycles. The highest BCUT2D eigenvalue weighted by molar-refractivity contribution is 5.91. The van der Waals surface area contributed by atoms with Crippen LogP contribution < -0.4 is 0 Å². The van der Waals surface area contributed by atoms with Gasteiger partial charge in [-0.3, -0.25) is 0 Å². The third kappa shape index (κ3) is 2.73. The fourth-order valence-electron chi connectivity index (χ4n) is 0.909. The molecule has 0 aliphatic heterocycles.